The molecule has 1 aromatic heterocycles. The Morgan fingerprint density at radius 1 is 0.968 bits per heavy atom. The van der Waals surface area contributed by atoms with Crippen LogP contribution in [0.25, 0.3) is 17.4 Å². The monoisotopic (exact) mass is 453 g/mol. The zero-order valence-corrected chi connectivity index (χ0v) is 17.1. The molecular weight excluding hydrogens is 442 g/mol. The van der Waals surface area contributed by atoms with Gasteiger partial charge in [-0.3, -0.25) is 29.9 Å². The zero-order chi connectivity index (χ0) is 22.1. The molecule has 4 rings (SSSR count). The van der Waals surface area contributed by atoms with E-state index in [2.05, 4.69) is 0 Å². The molecule has 0 radical (unpaired) electrons. The molecule has 1 aliphatic heterocycles. The van der Waals surface area contributed by atoms with Crippen molar-refractivity contribution in [1.29, 1.82) is 0 Å². The van der Waals surface area contributed by atoms with Crippen molar-refractivity contribution in [2.75, 3.05) is 4.90 Å². The minimum absolute atomic E-state index is 0.0618. The van der Waals surface area contributed by atoms with Gasteiger partial charge in [-0.15, -0.1) is 0 Å². The number of anilines is 1. The Kier molecular flexibility index (Phi) is 5.36. The van der Waals surface area contributed by atoms with Crippen LogP contribution in [0.2, 0.25) is 0 Å². The van der Waals surface area contributed by atoms with Crippen LogP contribution in [0.3, 0.4) is 0 Å². The maximum atomic E-state index is 12.9. The van der Waals surface area contributed by atoms with Crippen molar-refractivity contribution in [3.8, 4) is 11.3 Å². The van der Waals surface area contributed by atoms with E-state index in [0.29, 0.717) is 22.8 Å². The normalized spacial score (nSPS) is 15.0. The summed E-state index contributed by atoms with van der Waals surface area (Å²) < 4.78 is 5.96. The van der Waals surface area contributed by atoms with E-state index in [1.54, 1.807) is 30.3 Å². The SMILES string of the molecule is O=C1/C(=C/c2ccc(-c3cccc([N+](=O)[O-])c3)o2)SC(=S)N1c1cccc([N+](=O)[O-])c1. The summed E-state index contributed by atoms with van der Waals surface area (Å²) in [6, 6.07) is 14.9. The first-order valence-corrected chi connectivity index (χ1v) is 9.93. The second-order valence-electron chi connectivity index (χ2n) is 6.30. The highest BCUT2D eigenvalue weighted by Gasteiger charge is 2.34. The molecule has 9 nitrogen and oxygen atoms in total. The van der Waals surface area contributed by atoms with Crippen molar-refractivity contribution in [3.05, 3.63) is 91.6 Å². The number of non-ortho nitro benzene ring substituents is 2. The number of nitrogens with zero attached hydrogens (tertiary/aromatic N) is 3. The van der Waals surface area contributed by atoms with Gasteiger partial charge in [-0.2, -0.15) is 0 Å². The number of furan rings is 1. The summed E-state index contributed by atoms with van der Waals surface area (Å²) in [6.45, 7) is 0. The van der Waals surface area contributed by atoms with Crippen molar-refractivity contribution < 1.29 is 19.1 Å². The molecule has 11 heteroatoms. The summed E-state index contributed by atoms with van der Waals surface area (Å²) in [6.07, 6.45) is 1.51. The topological polar surface area (TPSA) is 120 Å². The fraction of sp³-hybridized carbons (Fsp3) is 0. The van der Waals surface area contributed by atoms with Gasteiger partial charge in [-0.25, -0.2) is 0 Å². The lowest BCUT2D eigenvalue weighted by Gasteiger charge is -2.13. The van der Waals surface area contributed by atoms with E-state index in [9.17, 15) is 25.0 Å². The molecule has 2 aromatic carbocycles. The average Bonchev–Trinajstić information content (AvgIpc) is 3.32. The molecular formula is C20H11N3O6S2. The summed E-state index contributed by atoms with van der Waals surface area (Å²) in [5.41, 5.74) is 0.617. The van der Waals surface area contributed by atoms with Crippen LogP contribution in [0.5, 0.6) is 0 Å². The van der Waals surface area contributed by atoms with E-state index in [1.807, 2.05) is 0 Å². The van der Waals surface area contributed by atoms with Gasteiger partial charge in [0.2, 0.25) is 0 Å². The van der Waals surface area contributed by atoms with Gasteiger partial charge in [0, 0.05) is 35.9 Å². The highest BCUT2D eigenvalue weighted by atomic mass is 32.2. The third-order valence-electron chi connectivity index (χ3n) is 4.33. The van der Waals surface area contributed by atoms with Gasteiger partial charge in [-0.1, -0.05) is 42.2 Å². The van der Waals surface area contributed by atoms with Crippen molar-refractivity contribution in [2.45, 2.75) is 0 Å². The Hall–Kier alpha value is -3.83. The fourth-order valence-corrected chi connectivity index (χ4v) is 4.20. The first-order chi connectivity index (χ1) is 14.8. The Balaban J connectivity index is 1.61. The van der Waals surface area contributed by atoms with Gasteiger partial charge < -0.3 is 4.42 Å². The molecule has 1 saturated heterocycles. The number of nitro groups is 2. The first kappa shape index (κ1) is 20.4. The number of benzene rings is 2. The van der Waals surface area contributed by atoms with Crippen LogP contribution >= 0.6 is 24.0 Å². The second kappa shape index (κ2) is 8.13. The molecule has 0 atom stereocenters. The van der Waals surface area contributed by atoms with E-state index in [0.717, 1.165) is 11.8 Å². The first-order valence-electron chi connectivity index (χ1n) is 8.70. The van der Waals surface area contributed by atoms with Gasteiger partial charge in [0.15, 0.2) is 4.32 Å². The number of thiocarbonyl (C=S) groups is 1. The molecule has 0 N–H and O–H groups in total. The maximum Gasteiger partial charge on any atom is 0.271 e. The predicted octanol–water partition coefficient (Wildman–Crippen LogP) is 5.17. The number of carbonyl (C=O) groups excluding carboxylic acids is 1. The zero-order valence-electron chi connectivity index (χ0n) is 15.5. The Morgan fingerprint density at radius 3 is 2.35 bits per heavy atom. The molecule has 1 aliphatic rings. The average molecular weight is 453 g/mol. The van der Waals surface area contributed by atoms with E-state index in [4.69, 9.17) is 16.6 Å². The number of amides is 1. The molecule has 0 aliphatic carbocycles. The van der Waals surface area contributed by atoms with Gasteiger partial charge in [0.05, 0.1) is 20.4 Å². The van der Waals surface area contributed by atoms with Gasteiger partial charge >= 0.3 is 0 Å². The van der Waals surface area contributed by atoms with Crippen molar-refractivity contribution in [1.82, 2.24) is 0 Å². The third kappa shape index (κ3) is 4.09. The van der Waals surface area contributed by atoms with Crippen LogP contribution in [-0.2, 0) is 4.79 Å². The summed E-state index contributed by atoms with van der Waals surface area (Å²) in [7, 11) is 0. The van der Waals surface area contributed by atoms with Gasteiger partial charge in [0.25, 0.3) is 17.3 Å². The molecule has 0 spiro atoms. The van der Waals surface area contributed by atoms with Gasteiger partial charge in [-0.05, 0) is 18.2 Å². The second-order valence-corrected chi connectivity index (χ2v) is 7.98. The van der Waals surface area contributed by atoms with Crippen molar-refractivity contribution in [3.63, 3.8) is 0 Å². The number of hydrogen-bond donors (Lipinski definition) is 0. The van der Waals surface area contributed by atoms with Crippen LogP contribution < -0.4 is 4.90 Å². The third-order valence-corrected chi connectivity index (χ3v) is 5.64. The standard InChI is InChI=1S/C20H11N3O6S2/c24-19-18(31-20(30)21(19)13-4-2-6-15(10-13)23(27)28)11-16-7-8-17(29-16)12-3-1-5-14(9-12)22(25)26/h1-11H/b18-11-. The summed E-state index contributed by atoms with van der Waals surface area (Å²) in [5, 5.41) is 22.0. The highest BCUT2D eigenvalue weighted by Crippen LogP contribution is 2.37. The highest BCUT2D eigenvalue weighted by molar-refractivity contribution is 8.27. The Morgan fingerprint density at radius 2 is 1.65 bits per heavy atom. The quantitative estimate of drug-likeness (QED) is 0.225. The van der Waals surface area contributed by atoms with E-state index >= 15 is 0 Å². The van der Waals surface area contributed by atoms with Crippen LogP contribution in [0.15, 0.2) is 70.0 Å². The van der Waals surface area contributed by atoms with E-state index < -0.39 is 15.8 Å². The lowest BCUT2D eigenvalue weighted by Crippen LogP contribution is -2.27. The van der Waals surface area contributed by atoms with Crippen molar-refractivity contribution >= 4 is 57.3 Å². The number of carbonyl (C=O) groups is 1. The maximum absolute atomic E-state index is 12.9. The van der Waals surface area contributed by atoms with Crippen LogP contribution in [-0.4, -0.2) is 20.1 Å². The number of rotatable bonds is 5. The molecule has 0 saturated carbocycles. The van der Waals surface area contributed by atoms with Gasteiger partial charge in [0.1, 0.15) is 11.5 Å². The molecule has 0 unspecified atom stereocenters. The number of nitro benzene ring substituents is 2. The smallest absolute Gasteiger partial charge is 0.271 e. The lowest BCUT2D eigenvalue weighted by molar-refractivity contribution is -0.385. The van der Waals surface area contributed by atoms with Crippen molar-refractivity contribution in [2.24, 2.45) is 0 Å². The minimum atomic E-state index is -0.546. The lowest BCUT2D eigenvalue weighted by atomic mass is 10.1. The van der Waals surface area contributed by atoms with Crippen LogP contribution in [0.1, 0.15) is 5.76 Å². The fourth-order valence-electron chi connectivity index (χ4n) is 2.92. The molecule has 3 aromatic rings. The number of thioether (sulfide) groups is 1. The van der Waals surface area contributed by atoms with Crippen LogP contribution in [0, 0.1) is 20.2 Å². The summed E-state index contributed by atoms with van der Waals surface area (Å²) in [4.78, 5) is 35.3. The molecule has 31 heavy (non-hydrogen) atoms. The van der Waals surface area contributed by atoms with Crippen LogP contribution in [0.4, 0.5) is 17.1 Å². The Bertz CT molecular complexity index is 1280. The predicted molar refractivity (Wildman–Crippen MR) is 120 cm³/mol. The molecule has 1 fully saturated rings. The largest absolute Gasteiger partial charge is 0.457 e. The summed E-state index contributed by atoms with van der Waals surface area (Å²) in [5.74, 6) is 0.342. The minimum Gasteiger partial charge on any atom is -0.457 e. The van der Waals surface area contributed by atoms with E-state index in [1.165, 1.54) is 41.3 Å². The van der Waals surface area contributed by atoms with E-state index in [-0.39, 0.29) is 20.6 Å². The molecule has 154 valence electrons. The Labute approximate surface area is 184 Å². The molecule has 0 bridgehead atoms. The molecule has 2 heterocycles. The summed E-state index contributed by atoms with van der Waals surface area (Å²) >= 11 is 6.33. The molecule has 1 amide bonds. The number of hydrogen-bond acceptors (Lipinski definition) is 8.